The van der Waals surface area contributed by atoms with E-state index in [4.69, 9.17) is 55.9 Å². The fourth-order valence-electron chi connectivity index (χ4n) is 2.46. The molecule has 0 aromatic heterocycles. The number of alkyl halides is 2. The molecular weight excluding hydrogens is 342 g/mol. The van der Waals surface area contributed by atoms with Crippen LogP contribution in [0, 0.1) is 5.92 Å². The van der Waals surface area contributed by atoms with E-state index in [0.29, 0.717) is 23.3 Å². The summed E-state index contributed by atoms with van der Waals surface area (Å²) in [5.41, 5.74) is 0.905. The third-order valence-corrected chi connectivity index (χ3v) is 4.72. The average molecular weight is 358 g/mol. The monoisotopic (exact) mass is 356 g/mol. The molecule has 0 saturated heterocycles. The van der Waals surface area contributed by atoms with Crippen LogP contribution < -0.4 is 0 Å². The van der Waals surface area contributed by atoms with Crippen molar-refractivity contribution < 1.29 is 9.47 Å². The van der Waals surface area contributed by atoms with Crippen LogP contribution in [-0.4, -0.2) is 23.8 Å². The standard InChI is InChI=1S/C14H16Cl4O2/c1-3-19-13(20-4-2)12-11(14(12,17)18)8-5-9(15)7-10(16)6-8/h5-7,11-13H,3-4H2,1-2H3/t11-,12+/m0/s1. The first-order chi connectivity index (χ1) is 9.41. The van der Waals surface area contributed by atoms with Crippen molar-refractivity contribution in [2.45, 2.75) is 30.4 Å². The molecule has 1 aromatic rings. The summed E-state index contributed by atoms with van der Waals surface area (Å²) < 4.78 is 10.3. The molecule has 2 nitrogen and oxygen atoms in total. The van der Waals surface area contributed by atoms with E-state index in [1.54, 1.807) is 6.07 Å². The molecule has 2 rings (SSSR count). The molecule has 0 amide bonds. The molecule has 2 atom stereocenters. The molecule has 0 heterocycles. The van der Waals surface area contributed by atoms with Crippen LogP contribution in [0.4, 0.5) is 0 Å². The Morgan fingerprint density at radius 2 is 1.55 bits per heavy atom. The summed E-state index contributed by atoms with van der Waals surface area (Å²) in [5, 5.41) is 1.12. The summed E-state index contributed by atoms with van der Waals surface area (Å²) in [4.78, 5) is 0. The van der Waals surface area contributed by atoms with Crippen molar-refractivity contribution in [1.82, 2.24) is 0 Å². The summed E-state index contributed by atoms with van der Waals surface area (Å²) in [7, 11) is 0. The topological polar surface area (TPSA) is 18.5 Å². The van der Waals surface area contributed by atoms with Gasteiger partial charge in [0.05, 0.1) is 5.92 Å². The molecule has 0 spiro atoms. The van der Waals surface area contributed by atoms with Gasteiger partial charge in [0.25, 0.3) is 0 Å². The normalized spacial score (nSPS) is 24.1. The molecule has 0 bridgehead atoms. The largest absolute Gasteiger partial charge is 0.353 e. The lowest BCUT2D eigenvalue weighted by Gasteiger charge is -2.17. The van der Waals surface area contributed by atoms with E-state index in [1.165, 1.54) is 0 Å². The highest BCUT2D eigenvalue weighted by molar-refractivity contribution is 6.52. The van der Waals surface area contributed by atoms with E-state index >= 15 is 0 Å². The Balaban J connectivity index is 2.24. The third-order valence-electron chi connectivity index (χ3n) is 3.31. The maximum Gasteiger partial charge on any atom is 0.163 e. The van der Waals surface area contributed by atoms with E-state index in [2.05, 4.69) is 0 Å². The van der Waals surface area contributed by atoms with E-state index in [9.17, 15) is 0 Å². The first kappa shape index (κ1) is 16.7. The third kappa shape index (κ3) is 3.37. The van der Waals surface area contributed by atoms with Crippen LogP contribution >= 0.6 is 46.4 Å². The van der Waals surface area contributed by atoms with Crippen molar-refractivity contribution in [2.75, 3.05) is 13.2 Å². The van der Waals surface area contributed by atoms with Crippen molar-refractivity contribution in [2.24, 2.45) is 5.92 Å². The predicted molar refractivity (Wildman–Crippen MR) is 84.2 cm³/mol. The van der Waals surface area contributed by atoms with Crippen LogP contribution in [0.15, 0.2) is 18.2 Å². The van der Waals surface area contributed by atoms with Gasteiger partial charge in [-0.05, 0) is 37.6 Å². The van der Waals surface area contributed by atoms with Gasteiger partial charge in [-0.1, -0.05) is 23.2 Å². The molecule has 112 valence electrons. The molecule has 0 aliphatic heterocycles. The van der Waals surface area contributed by atoms with Gasteiger partial charge >= 0.3 is 0 Å². The summed E-state index contributed by atoms with van der Waals surface area (Å²) in [5.74, 6) is -0.245. The van der Waals surface area contributed by atoms with Crippen LogP contribution in [0.3, 0.4) is 0 Å². The van der Waals surface area contributed by atoms with Gasteiger partial charge in [0.15, 0.2) is 6.29 Å². The SMILES string of the molecule is CCOC(OCC)[C@H]1[C@H](c2cc(Cl)cc(Cl)c2)C1(Cl)Cl. The Morgan fingerprint density at radius 1 is 1.05 bits per heavy atom. The minimum Gasteiger partial charge on any atom is -0.353 e. The highest BCUT2D eigenvalue weighted by Gasteiger charge is 2.67. The predicted octanol–water partition coefficient (Wildman–Crippen LogP) is 5.28. The molecule has 0 N–H and O–H groups in total. The lowest BCUT2D eigenvalue weighted by Crippen LogP contribution is -2.22. The van der Waals surface area contributed by atoms with Crippen molar-refractivity contribution in [3.63, 3.8) is 0 Å². The van der Waals surface area contributed by atoms with Crippen molar-refractivity contribution >= 4 is 46.4 Å². The van der Waals surface area contributed by atoms with E-state index in [0.717, 1.165) is 5.56 Å². The molecule has 6 heteroatoms. The van der Waals surface area contributed by atoms with Crippen LogP contribution in [0.25, 0.3) is 0 Å². The van der Waals surface area contributed by atoms with Gasteiger partial charge in [0.2, 0.25) is 0 Å². The fraction of sp³-hybridized carbons (Fsp3) is 0.571. The maximum atomic E-state index is 6.40. The molecule has 1 aromatic carbocycles. The number of halogens is 4. The van der Waals surface area contributed by atoms with Crippen molar-refractivity contribution in [3.05, 3.63) is 33.8 Å². The van der Waals surface area contributed by atoms with Gasteiger partial charge in [0, 0.05) is 29.2 Å². The van der Waals surface area contributed by atoms with Crippen molar-refractivity contribution in [1.29, 1.82) is 0 Å². The second kappa shape index (κ2) is 6.60. The van der Waals surface area contributed by atoms with Crippen LogP contribution in [0.2, 0.25) is 10.0 Å². The Hall–Kier alpha value is 0.300. The lowest BCUT2D eigenvalue weighted by atomic mass is 10.1. The van der Waals surface area contributed by atoms with E-state index < -0.39 is 10.6 Å². The number of benzene rings is 1. The van der Waals surface area contributed by atoms with Gasteiger partial charge in [0.1, 0.15) is 4.33 Å². The van der Waals surface area contributed by atoms with Crippen LogP contribution in [-0.2, 0) is 9.47 Å². The summed E-state index contributed by atoms with van der Waals surface area (Å²) in [6, 6.07) is 5.33. The minimum absolute atomic E-state index is 0.106. The number of hydrogen-bond donors (Lipinski definition) is 0. The van der Waals surface area contributed by atoms with Gasteiger partial charge in [-0.3, -0.25) is 0 Å². The van der Waals surface area contributed by atoms with E-state index in [1.807, 2.05) is 26.0 Å². The molecule has 0 unspecified atom stereocenters. The molecule has 1 fully saturated rings. The van der Waals surface area contributed by atoms with Gasteiger partial charge < -0.3 is 9.47 Å². The molecular formula is C14H16Cl4O2. The van der Waals surface area contributed by atoms with Crippen molar-refractivity contribution in [3.8, 4) is 0 Å². The van der Waals surface area contributed by atoms with Crippen LogP contribution in [0.1, 0.15) is 25.3 Å². The summed E-state index contributed by atoms with van der Waals surface area (Å²) in [6.07, 6.45) is -0.428. The summed E-state index contributed by atoms with van der Waals surface area (Å²) >= 11 is 24.9. The Morgan fingerprint density at radius 3 is 2.00 bits per heavy atom. The number of ether oxygens (including phenoxy) is 2. The lowest BCUT2D eigenvalue weighted by molar-refractivity contribution is -0.149. The molecule has 0 radical (unpaired) electrons. The highest BCUT2D eigenvalue weighted by atomic mass is 35.5. The second-order valence-electron chi connectivity index (χ2n) is 4.66. The smallest absolute Gasteiger partial charge is 0.163 e. The first-order valence-electron chi connectivity index (χ1n) is 6.48. The summed E-state index contributed by atoms with van der Waals surface area (Å²) in [6.45, 7) is 4.88. The Bertz CT molecular complexity index is 452. The first-order valence-corrected chi connectivity index (χ1v) is 8.00. The Kier molecular flexibility index (Phi) is 5.50. The molecule has 1 saturated carbocycles. The zero-order chi connectivity index (χ0) is 14.9. The fourth-order valence-corrected chi connectivity index (χ4v) is 3.86. The Labute approximate surface area is 139 Å². The van der Waals surface area contributed by atoms with Gasteiger partial charge in [-0.25, -0.2) is 0 Å². The molecule has 1 aliphatic rings. The van der Waals surface area contributed by atoms with Crippen LogP contribution in [0.5, 0.6) is 0 Å². The zero-order valence-electron chi connectivity index (χ0n) is 11.2. The molecule has 20 heavy (non-hydrogen) atoms. The minimum atomic E-state index is -0.928. The average Bonchev–Trinajstić information content (AvgIpc) is 2.90. The highest BCUT2D eigenvalue weighted by Crippen LogP contribution is 2.67. The zero-order valence-corrected chi connectivity index (χ0v) is 14.2. The number of rotatable bonds is 6. The quantitative estimate of drug-likeness (QED) is 0.509. The van der Waals surface area contributed by atoms with Gasteiger partial charge in [-0.2, -0.15) is 0 Å². The maximum absolute atomic E-state index is 6.40. The number of hydrogen-bond acceptors (Lipinski definition) is 2. The van der Waals surface area contributed by atoms with E-state index in [-0.39, 0.29) is 11.8 Å². The molecule has 1 aliphatic carbocycles. The van der Waals surface area contributed by atoms with Gasteiger partial charge in [-0.15, -0.1) is 23.2 Å². The second-order valence-corrected chi connectivity index (χ2v) is 6.98.